The number of Topliss-reactive ketones (excluding diaryl/α,β-unsaturated/α-hetero) is 1. The number of carbonyl (C=O) groups excluding carboxylic acids is 1. The van der Waals surface area contributed by atoms with Crippen LogP contribution in [0, 0.1) is 40.9 Å². The fourth-order valence-corrected chi connectivity index (χ4v) is 8.19. The molecule has 0 aliphatic heterocycles. The number of nitrogens with zero attached hydrogens (tertiary/aromatic N) is 3. The first-order valence-electron chi connectivity index (χ1n) is 11.4. The average molecular weight is 386 g/mol. The van der Waals surface area contributed by atoms with Crippen molar-refractivity contribution in [3.63, 3.8) is 0 Å². The van der Waals surface area contributed by atoms with Crippen LogP contribution in [-0.2, 0) is 11.3 Å². The lowest BCUT2D eigenvalue weighted by Gasteiger charge is -2.56. The predicted octanol–water partition coefficient (Wildman–Crippen LogP) is 3.87. The summed E-state index contributed by atoms with van der Waals surface area (Å²) in [5.74, 6) is 4.42. The third-order valence-electron chi connectivity index (χ3n) is 9.41. The van der Waals surface area contributed by atoms with Crippen LogP contribution in [0.4, 0.5) is 0 Å². The summed E-state index contributed by atoms with van der Waals surface area (Å²) in [6.45, 7) is 4.83. The summed E-state index contributed by atoms with van der Waals surface area (Å²) in [5, 5.41) is 14.7. The normalized spacial score (nSPS) is 47.8. The summed E-state index contributed by atoms with van der Waals surface area (Å²) in [6, 6.07) is 0. The van der Waals surface area contributed by atoms with E-state index >= 15 is 0 Å². The summed E-state index contributed by atoms with van der Waals surface area (Å²) in [7, 11) is 0. The number of carbonyl (C=O) groups is 1. The van der Waals surface area contributed by atoms with Crippen molar-refractivity contribution in [2.75, 3.05) is 0 Å². The zero-order chi connectivity index (χ0) is 19.5. The number of hydrogen-bond acceptors (Lipinski definition) is 4. The van der Waals surface area contributed by atoms with Crippen molar-refractivity contribution in [3.8, 4) is 0 Å². The van der Waals surface area contributed by atoms with Crippen LogP contribution in [0.15, 0.2) is 12.7 Å². The number of hydrogen-bond donors (Lipinski definition) is 1. The van der Waals surface area contributed by atoms with Gasteiger partial charge in [0.15, 0.2) is 5.78 Å². The molecule has 4 saturated carbocycles. The molecule has 4 aliphatic carbocycles. The zero-order valence-electron chi connectivity index (χ0n) is 17.4. The maximum Gasteiger partial charge on any atom is 0.157 e. The number of aromatic nitrogens is 3. The van der Waals surface area contributed by atoms with Gasteiger partial charge in [0.25, 0.3) is 0 Å². The van der Waals surface area contributed by atoms with Crippen LogP contribution in [0.3, 0.4) is 0 Å². The maximum atomic E-state index is 13.1. The molecule has 1 aromatic heterocycles. The molecule has 0 radical (unpaired) electrons. The lowest BCUT2D eigenvalue weighted by Crippen LogP contribution is -2.51. The second-order valence-electron chi connectivity index (χ2n) is 10.9. The molecule has 0 unspecified atom stereocenters. The number of aliphatic hydroxyl groups is 1. The van der Waals surface area contributed by atoms with E-state index in [4.69, 9.17) is 0 Å². The molecule has 154 valence electrons. The van der Waals surface area contributed by atoms with Crippen LogP contribution in [0.25, 0.3) is 0 Å². The Hall–Kier alpha value is -1.23. The second kappa shape index (κ2) is 6.65. The van der Waals surface area contributed by atoms with Crippen molar-refractivity contribution in [2.45, 2.75) is 83.8 Å². The molecule has 0 amide bonds. The molecule has 5 heteroatoms. The predicted molar refractivity (Wildman–Crippen MR) is 106 cm³/mol. The SMILES string of the molecule is C[C@@]1(O)CC[C@H]2[C@H](CC[C@@H]3[C@@H]2CC[C@]2(C)[C@@H](C(=O)Cn4cncn4)CC[C@@H]32)C1. The highest BCUT2D eigenvalue weighted by molar-refractivity contribution is 5.82. The smallest absolute Gasteiger partial charge is 0.157 e. The van der Waals surface area contributed by atoms with Gasteiger partial charge in [0.05, 0.1) is 5.60 Å². The van der Waals surface area contributed by atoms with Crippen LogP contribution in [0.1, 0.15) is 71.6 Å². The van der Waals surface area contributed by atoms with E-state index in [1.54, 1.807) is 11.0 Å². The summed E-state index contributed by atoms with van der Waals surface area (Å²) in [6.07, 6.45) is 13.7. The molecule has 0 saturated heterocycles. The Bertz CT molecular complexity index is 730. The third-order valence-corrected chi connectivity index (χ3v) is 9.41. The van der Waals surface area contributed by atoms with Crippen LogP contribution in [0.2, 0.25) is 0 Å². The minimum absolute atomic E-state index is 0.172. The monoisotopic (exact) mass is 385 g/mol. The molecule has 4 aliphatic rings. The lowest BCUT2D eigenvalue weighted by molar-refractivity contribution is -0.133. The molecule has 8 atom stereocenters. The number of ketones is 1. The van der Waals surface area contributed by atoms with Gasteiger partial charge in [-0.05, 0) is 99.7 Å². The van der Waals surface area contributed by atoms with E-state index in [0.717, 1.165) is 42.9 Å². The van der Waals surface area contributed by atoms with Crippen LogP contribution >= 0.6 is 0 Å². The minimum atomic E-state index is -0.441. The van der Waals surface area contributed by atoms with Gasteiger partial charge in [0.1, 0.15) is 19.2 Å². The molecule has 4 fully saturated rings. The average Bonchev–Trinajstić information content (AvgIpc) is 3.27. The highest BCUT2D eigenvalue weighted by atomic mass is 16.3. The maximum absolute atomic E-state index is 13.1. The van der Waals surface area contributed by atoms with E-state index in [0.29, 0.717) is 18.2 Å². The second-order valence-corrected chi connectivity index (χ2v) is 10.9. The summed E-state index contributed by atoms with van der Waals surface area (Å²) < 4.78 is 1.68. The fraction of sp³-hybridized carbons (Fsp3) is 0.870. The Morgan fingerprint density at radius 2 is 1.89 bits per heavy atom. The number of fused-ring (bicyclic) bond motifs is 5. The van der Waals surface area contributed by atoms with E-state index in [1.165, 1.54) is 44.9 Å². The minimum Gasteiger partial charge on any atom is -0.390 e. The van der Waals surface area contributed by atoms with E-state index in [9.17, 15) is 9.90 Å². The Balaban J connectivity index is 1.32. The van der Waals surface area contributed by atoms with E-state index in [1.807, 2.05) is 6.92 Å². The highest BCUT2D eigenvalue weighted by Crippen LogP contribution is 2.64. The van der Waals surface area contributed by atoms with Gasteiger partial charge in [-0.1, -0.05) is 6.92 Å². The Kier molecular flexibility index (Phi) is 4.46. The third kappa shape index (κ3) is 2.96. The highest BCUT2D eigenvalue weighted by Gasteiger charge is 2.58. The molecule has 1 N–H and O–H groups in total. The summed E-state index contributed by atoms with van der Waals surface area (Å²) in [5.41, 5.74) is -0.269. The Labute approximate surface area is 168 Å². The van der Waals surface area contributed by atoms with Crippen LogP contribution < -0.4 is 0 Å². The quantitative estimate of drug-likeness (QED) is 0.858. The zero-order valence-corrected chi connectivity index (χ0v) is 17.4. The summed E-state index contributed by atoms with van der Waals surface area (Å²) in [4.78, 5) is 17.1. The standard InChI is InChI=1S/C23H35N3O2/c1-22(28)9-7-16-15(11-22)3-4-18-17(16)8-10-23(2)19(18)5-6-20(23)21(27)12-26-14-24-13-25-26/h13-20,28H,3-12H2,1-2H3/t15-,16+,17-,18-,19+,20-,22-,23+/m1/s1. The van der Waals surface area contributed by atoms with Crippen molar-refractivity contribution in [2.24, 2.45) is 40.9 Å². The van der Waals surface area contributed by atoms with Crippen molar-refractivity contribution in [1.82, 2.24) is 14.8 Å². The number of rotatable bonds is 3. The van der Waals surface area contributed by atoms with Gasteiger partial charge < -0.3 is 5.11 Å². The summed E-state index contributed by atoms with van der Waals surface area (Å²) >= 11 is 0. The van der Waals surface area contributed by atoms with Crippen LogP contribution in [-0.4, -0.2) is 31.3 Å². The van der Waals surface area contributed by atoms with E-state index in [2.05, 4.69) is 17.0 Å². The van der Waals surface area contributed by atoms with Crippen molar-refractivity contribution < 1.29 is 9.90 Å². The van der Waals surface area contributed by atoms with Gasteiger partial charge in [-0.3, -0.25) is 4.79 Å². The molecule has 0 spiro atoms. The van der Waals surface area contributed by atoms with Gasteiger partial charge >= 0.3 is 0 Å². The molecule has 5 rings (SSSR count). The molecule has 5 nitrogen and oxygen atoms in total. The molecule has 0 aromatic carbocycles. The van der Waals surface area contributed by atoms with Crippen molar-refractivity contribution in [3.05, 3.63) is 12.7 Å². The van der Waals surface area contributed by atoms with Crippen LogP contribution in [0.5, 0.6) is 0 Å². The van der Waals surface area contributed by atoms with Crippen molar-refractivity contribution in [1.29, 1.82) is 0 Å². The molecule has 28 heavy (non-hydrogen) atoms. The van der Waals surface area contributed by atoms with E-state index < -0.39 is 5.60 Å². The first-order valence-corrected chi connectivity index (χ1v) is 11.4. The lowest BCUT2D eigenvalue weighted by atomic mass is 9.49. The molecule has 1 heterocycles. The molecule has 0 bridgehead atoms. The first-order chi connectivity index (χ1) is 13.4. The van der Waals surface area contributed by atoms with Gasteiger partial charge in [0, 0.05) is 5.92 Å². The van der Waals surface area contributed by atoms with Gasteiger partial charge in [-0.25, -0.2) is 9.67 Å². The van der Waals surface area contributed by atoms with Gasteiger partial charge in [-0.2, -0.15) is 5.10 Å². The van der Waals surface area contributed by atoms with E-state index in [-0.39, 0.29) is 11.3 Å². The largest absolute Gasteiger partial charge is 0.390 e. The molecule has 1 aromatic rings. The van der Waals surface area contributed by atoms with Gasteiger partial charge in [0.2, 0.25) is 0 Å². The fourth-order valence-electron chi connectivity index (χ4n) is 8.19. The Morgan fingerprint density at radius 1 is 1.07 bits per heavy atom. The Morgan fingerprint density at radius 3 is 2.68 bits per heavy atom. The first kappa shape index (κ1) is 18.8. The molecular weight excluding hydrogens is 350 g/mol. The molecular formula is C23H35N3O2. The van der Waals surface area contributed by atoms with Crippen molar-refractivity contribution >= 4 is 5.78 Å². The topological polar surface area (TPSA) is 68.0 Å². The van der Waals surface area contributed by atoms with Gasteiger partial charge in [-0.15, -0.1) is 0 Å².